The van der Waals surface area contributed by atoms with E-state index >= 15 is 0 Å². The average molecular weight is 515 g/mol. The molecule has 1 aromatic carbocycles. The maximum atomic E-state index is 14.4. The zero-order chi connectivity index (χ0) is 26.4. The Balaban J connectivity index is 1.64. The maximum Gasteiger partial charge on any atom is 0.340 e. The van der Waals surface area contributed by atoms with E-state index in [1.165, 1.54) is 0 Å². The Morgan fingerprint density at radius 1 is 1.28 bits per heavy atom. The molecular formula is C29H35ClO6. The van der Waals surface area contributed by atoms with Crippen LogP contribution in [0.1, 0.15) is 57.0 Å². The number of hydrogen-bond acceptors (Lipinski definition) is 6. The first-order chi connectivity index (χ1) is 16.9. The first-order valence-electron chi connectivity index (χ1n) is 12.8. The maximum absolute atomic E-state index is 14.4. The van der Waals surface area contributed by atoms with Gasteiger partial charge in [0.1, 0.15) is 6.10 Å². The quantitative estimate of drug-likeness (QED) is 0.416. The van der Waals surface area contributed by atoms with E-state index in [4.69, 9.17) is 16.3 Å². The minimum absolute atomic E-state index is 0.0511. The Morgan fingerprint density at radius 2 is 1.97 bits per heavy atom. The largest absolute Gasteiger partial charge is 0.451 e. The molecule has 0 heterocycles. The van der Waals surface area contributed by atoms with Crippen molar-refractivity contribution in [2.75, 3.05) is 6.61 Å². The van der Waals surface area contributed by atoms with Crippen LogP contribution in [0.5, 0.6) is 0 Å². The van der Waals surface area contributed by atoms with Crippen molar-refractivity contribution in [3.8, 4) is 0 Å². The van der Waals surface area contributed by atoms with Crippen molar-refractivity contribution < 1.29 is 29.6 Å². The highest BCUT2D eigenvalue weighted by Crippen LogP contribution is 2.71. The fourth-order valence-corrected chi connectivity index (χ4v) is 8.12. The summed E-state index contributed by atoms with van der Waals surface area (Å²) < 4.78 is 5.96. The van der Waals surface area contributed by atoms with Gasteiger partial charge in [-0.25, -0.2) is 4.79 Å². The summed E-state index contributed by atoms with van der Waals surface area (Å²) in [7, 11) is 0. The summed E-state index contributed by atoms with van der Waals surface area (Å²) in [6.45, 7) is 9.33. The summed E-state index contributed by atoms with van der Waals surface area (Å²) in [6, 6.07) is 5.15. The number of halogens is 1. The fourth-order valence-electron chi connectivity index (χ4n) is 7.85. The molecule has 1 aromatic rings. The summed E-state index contributed by atoms with van der Waals surface area (Å²) in [5.41, 5.74) is -2.08. The van der Waals surface area contributed by atoms with Gasteiger partial charge in [0, 0.05) is 5.92 Å². The van der Waals surface area contributed by atoms with Gasteiger partial charge in [0.25, 0.3) is 0 Å². The predicted octanol–water partition coefficient (Wildman–Crippen LogP) is 3.90. The lowest BCUT2D eigenvalue weighted by atomic mass is 9.59. The van der Waals surface area contributed by atoms with Gasteiger partial charge in [0.15, 0.2) is 17.5 Å². The standard InChI is InChI=1S/C29H35ClO6/c1-6-16-8-7-9-20(30)21(16)26(34)36-25-14(2)12-28-15(3)10-19-22(27(19,4)5)18(24(28)33)11-17(13-31)23(32)29(25,28)35/h7-9,11-12,15,18-19,22-23,25,31-32,35H,6,10,13H2,1-5H3/t15-,18+,19-,22+,23-,25+,28+,29+/m1/s1. The lowest BCUT2D eigenvalue weighted by Crippen LogP contribution is -2.65. The molecule has 0 unspecified atom stereocenters. The van der Waals surface area contributed by atoms with Crippen LogP contribution in [0.15, 0.2) is 41.5 Å². The molecule has 6 nitrogen and oxygen atoms in total. The molecule has 8 atom stereocenters. The number of aliphatic hydroxyl groups excluding tert-OH is 2. The van der Waals surface area contributed by atoms with Crippen molar-refractivity contribution in [2.24, 2.45) is 34.5 Å². The summed E-state index contributed by atoms with van der Waals surface area (Å²) in [4.78, 5) is 27.9. The van der Waals surface area contributed by atoms with Crippen molar-refractivity contribution in [1.29, 1.82) is 0 Å². The fraction of sp³-hybridized carbons (Fsp3) is 0.586. The number of rotatable bonds is 4. The third kappa shape index (κ3) is 3.08. The smallest absolute Gasteiger partial charge is 0.340 e. The number of ketones is 1. The molecule has 0 amide bonds. The predicted molar refractivity (Wildman–Crippen MR) is 135 cm³/mol. The molecule has 0 radical (unpaired) electrons. The number of carbonyl (C=O) groups is 2. The molecule has 1 spiro atoms. The van der Waals surface area contributed by atoms with Gasteiger partial charge in [-0.3, -0.25) is 4.79 Å². The van der Waals surface area contributed by atoms with Gasteiger partial charge in [-0.1, -0.05) is 63.6 Å². The second kappa shape index (κ2) is 8.26. The Hall–Kier alpha value is -1.99. The number of Topliss-reactive ketones (excluding diaryl/α,β-unsaturated/α-hetero) is 1. The third-order valence-corrected chi connectivity index (χ3v) is 10.1. The van der Waals surface area contributed by atoms with Crippen LogP contribution in [-0.4, -0.2) is 51.5 Å². The summed E-state index contributed by atoms with van der Waals surface area (Å²) in [6.07, 6.45) is 1.76. The Morgan fingerprint density at radius 3 is 2.61 bits per heavy atom. The number of esters is 1. The molecule has 2 bridgehead atoms. The van der Waals surface area contributed by atoms with Crippen LogP contribution in [0.2, 0.25) is 5.02 Å². The number of allylic oxidation sites excluding steroid dienone is 1. The topological polar surface area (TPSA) is 104 Å². The van der Waals surface area contributed by atoms with Crippen LogP contribution in [0.4, 0.5) is 0 Å². The number of benzene rings is 1. The van der Waals surface area contributed by atoms with Crippen LogP contribution < -0.4 is 0 Å². The van der Waals surface area contributed by atoms with Gasteiger partial charge in [-0.2, -0.15) is 0 Å². The Labute approximate surface area is 217 Å². The first-order valence-corrected chi connectivity index (χ1v) is 13.2. The van der Waals surface area contributed by atoms with Crippen LogP contribution in [0.25, 0.3) is 0 Å². The molecule has 194 valence electrons. The van der Waals surface area contributed by atoms with Crippen molar-refractivity contribution in [1.82, 2.24) is 0 Å². The Kier molecular flexibility index (Phi) is 5.88. The normalized spacial score (nSPS) is 40.3. The second-order valence-corrected chi connectivity index (χ2v) is 12.2. The SMILES string of the molecule is CCc1cccc(Cl)c1C(=O)O[C@H]1C(C)=C[C@]23C(=O)[C@@H](C=C(CO)[C@@H](O)[C@]12O)[C@H]1[C@@H](C[C@H]3C)C1(C)C. The van der Waals surface area contributed by atoms with Gasteiger partial charge in [-0.05, 0) is 65.7 Å². The van der Waals surface area contributed by atoms with Crippen molar-refractivity contribution in [2.45, 2.75) is 65.3 Å². The minimum atomic E-state index is -2.17. The van der Waals surface area contributed by atoms with Gasteiger partial charge in [0.2, 0.25) is 0 Å². The van der Waals surface area contributed by atoms with Gasteiger partial charge >= 0.3 is 5.97 Å². The van der Waals surface area contributed by atoms with Crippen LogP contribution in [-0.2, 0) is 16.0 Å². The summed E-state index contributed by atoms with van der Waals surface area (Å²) in [5, 5.41) is 34.6. The molecule has 4 aliphatic rings. The minimum Gasteiger partial charge on any atom is -0.451 e. The molecule has 0 saturated heterocycles. The highest BCUT2D eigenvalue weighted by molar-refractivity contribution is 6.33. The lowest BCUT2D eigenvalue weighted by molar-refractivity contribution is -0.190. The van der Waals surface area contributed by atoms with Crippen molar-refractivity contribution in [3.05, 3.63) is 57.6 Å². The van der Waals surface area contributed by atoms with Gasteiger partial charge < -0.3 is 20.1 Å². The third-order valence-electron chi connectivity index (χ3n) is 9.81. The van der Waals surface area contributed by atoms with Crippen LogP contribution in [0.3, 0.4) is 0 Å². The van der Waals surface area contributed by atoms with Crippen LogP contribution in [0, 0.1) is 34.5 Å². The molecule has 7 heteroatoms. The van der Waals surface area contributed by atoms with Crippen molar-refractivity contribution in [3.63, 3.8) is 0 Å². The molecule has 4 aliphatic carbocycles. The van der Waals surface area contributed by atoms with E-state index < -0.39 is 41.7 Å². The number of carbonyl (C=O) groups excluding carboxylic acids is 2. The molecule has 0 aromatic heterocycles. The van der Waals surface area contributed by atoms with Gasteiger partial charge in [-0.15, -0.1) is 0 Å². The van der Waals surface area contributed by atoms with E-state index in [0.717, 1.165) is 0 Å². The monoisotopic (exact) mass is 514 g/mol. The number of hydrogen-bond donors (Lipinski definition) is 3. The molecular weight excluding hydrogens is 480 g/mol. The van der Waals surface area contributed by atoms with Crippen molar-refractivity contribution >= 4 is 23.4 Å². The first kappa shape index (κ1) is 25.7. The van der Waals surface area contributed by atoms with E-state index in [1.54, 1.807) is 37.3 Å². The van der Waals surface area contributed by atoms with Crippen LogP contribution >= 0.6 is 11.6 Å². The zero-order valence-electron chi connectivity index (χ0n) is 21.4. The molecule has 2 saturated carbocycles. The van der Waals surface area contributed by atoms with E-state index in [0.29, 0.717) is 24.0 Å². The molecule has 0 aliphatic heterocycles. The molecule has 3 N–H and O–H groups in total. The van der Waals surface area contributed by atoms with E-state index in [9.17, 15) is 24.9 Å². The molecule has 36 heavy (non-hydrogen) atoms. The molecule has 2 fully saturated rings. The number of fused-ring (bicyclic) bond motifs is 3. The number of aryl methyl sites for hydroxylation is 1. The number of ether oxygens (including phenoxy) is 1. The Bertz CT molecular complexity index is 1200. The zero-order valence-corrected chi connectivity index (χ0v) is 22.2. The highest BCUT2D eigenvalue weighted by Gasteiger charge is 2.76. The van der Waals surface area contributed by atoms with E-state index in [-0.39, 0.29) is 45.1 Å². The number of aliphatic hydroxyl groups is 3. The average Bonchev–Trinajstić information content (AvgIpc) is 3.32. The summed E-state index contributed by atoms with van der Waals surface area (Å²) in [5.74, 6) is -1.42. The van der Waals surface area contributed by atoms with E-state index in [1.807, 2.05) is 13.8 Å². The second-order valence-electron chi connectivity index (χ2n) is 11.8. The highest BCUT2D eigenvalue weighted by atomic mass is 35.5. The van der Waals surface area contributed by atoms with E-state index in [2.05, 4.69) is 13.8 Å². The lowest BCUT2D eigenvalue weighted by Gasteiger charge is -2.48. The van der Waals surface area contributed by atoms with Gasteiger partial charge in [0.05, 0.1) is 22.6 Å². The summed E-state index contributed by atoms with van der Waals surface area (Å²) >= 11 is 6.37. The molecule has 5 rings (SSSR count).